The lowest BCUT2D eigenvalue weighted by molar-refractivity contribution is 0.0988. The molecule has 39 heavy (non-hydrogen) atoms. The third-order valence-corrected chi connectivity index (χ3v) is 6.87. The molecule has 8 nitrogen and oxygen atoms in total. The first-order valence-corrected chi connectivity index (χ1v) is 12.6. The number of benzene rings is 2. The predicted molar refractivity (Wildman–Crippen MR) is 141 cm³/mol. The lowest BCUT2D eigenvalue weighted by Crippen LogP contribution is -2.31. The lowest BCUT2D eigenvalue weighted by atomic mass is 10.0. The van der Waals surface area contributed by atoms with Gasteiger partial charge in [-0.3, -0.25) is 9.69 Å². The van der Waals surface area contributed by atoms with Crippen molar-refractivity contribution in [3.63, 3.8) is 0 Å². The van der Waals surface area contributed by atoms with Gasteiger partial charge in [0.25, 0.3) is 5.91 Å². The predicted octanol–water partition coefficient (Wildman–Crippen LogP) is 6.05. The molecule has 0 aliphatic carbocycles. The van der Waals surface area contributed by atoms with Crippen molar-refractivity contribution >= 4 is 23.2 Å². The van der Waals surface area contributed by atoms with Crippen LogP contribution in [-0.2, 0) is 6.42 Å². The van der Waals surface area contributed by atoms with E-state index in [0.717, 1.165) is 0 Å². The summed E-state index contributed by atoms with van der Waals surface area (Å²) < 4.78 is 37.5. The molecule has 0 saturated carbocycles. The Hall–Kier alpha value is -4.36. The number of fused-ring (bicyclic) bond motifs is 1. The summed E-state index contributed by atoms with van der Waals surface area (Å²) in [6.45, 7) is 5.73. The Morgan fingerprint density at radius 3 is 2.62 bits per heavy atom. The van der Waals surface area contributed by atoms with E-state index in [1.165, 1.54) is 42.3 Å². The molecule has 4 aromatic rings. The molecular weight excluding hydrogens is 526 g/mol. The number of ether oxygens (including phenoxy) is 1. The summed E-state index contributed by atoms with van der Waals surface area (Å²) >= 11 is 6.07. The van der Waals surface area contributed by atoms with Crippen molar-refractivity contribution < 1.29 is 18.3 Å². The van der Waals surface area contributed by atoms with E-state index in [0.29, 0.717) is 40.8 Å². The molecule has 1 atom stereocenters. The van der Waals surface area contributed by atoms with E-state index >= 15 is 4.39 Å². The summed E-state index contributed by atoms with van der Waals surface area (Å²) in [4.78, 5) is 28.7. The number of imidazole rings is 1. The zero-order chi connectivity index (χ0) is 28.0. The van der Waals surface area contributed by atoms with Crippen LogP contribution in [0, 0.1) is 23.0 Å². The second-order valence-corrected chi connectivity index (χ2v) is 9.60. The average molecular weight is 549 g/mol. The van der Waals surface area contributed by atoms with Gasteiger partial charge in [-0.15, -0.1) is 0 Å². The van der Waals surface area contributed by atoms with Crippen molar-refractivity contribution in [2.45, 2.75) is 39.3 Å². The maximum atomic E-state index is 15.3. The molecule has 1 unspecified atom stereocenters. The van der Waals surface area contributed by atoms with E-state index in [9.17, 15) is 14.4 Å². The van der Waals surface area contributed by atoms with Crippen LogP contribution in [0.3, 0.4) is 0 Å². The van der Waals surface area contributed by atoms with Gasteiger partial charge in [-0.25, -0.2) is 18.7 Å². The standard InChI is InChI=1S/C28H23ClF2N6O2/c1-5-21-33-13-17(27(34-21)39-4)26-35-23-25(36(26)14(2)3)24(15-9-10-16(12-32)19(30)11-15)37(28(23)38)20-8-6-7-18(29)22(20)31/h6-11,13-14,24H,5H2,1-4H3. The van der Waals surface area contributed by atoms with Gasteiger partial charge < -0.3 is 9.30 Å². The van der Waals surface area contributed by atoms with Crippen LogP contribution in [0.1, 0.15) is 66.0 Å². The monoisotopic (exact) mass is 548 g/mol. The van der Waals surface area contributed by atoms with Crippen molar-refractivity contribution in [3.8, 4) is 23.3 Å². The van der Waals surface area contributed by atoms with Gasteiger partial charge in [0.1, 0.15) is 29.6 Å². The molecule has 11 heteroatoms. The Morgan fingerprint density at radius 2 is 1.97 bits per heavy atom. The van der Waals surface area contributed by atoms with Gasteiger partial charge in [-0.05, 0) is 43.7 Å². The summed E-state index contributed by atoms with van der Waals surface area (Å²) in [7, 11) is 1.48. The molecule has 0 radical (unpaired) electrons. The highest BCUT2D eigenvalue weighted by Crippen LogP contribution is 2.46. The van der Waals surface area contributed by atoms with Crippen LogP contribution >= 0.6 is 11.6 Å². The highest BCUT2D eigenvalue weighted by atomic mass is 35.5. The second-order valence-electron chi connectivity index (χ2n) is 9.20. The normalized spacial score (nSPS) is 14.6. The summed E-state index contributed by atoms with van der Waals surface area (Å²) in [5.41, 5.74) is 1.06. The topological polar surface area (TPSA) is 96.9 Å². The Balaban J connectivity index is 1.81. The zero-order valence-electron chi connectivity index (χ0n) is 21.5. The number of hydrogen-bond acceptors (Lipinski definition) is 6. The number of hydrogen-bond donors (Lipinski definition) is 0. The Labute approximate surface area is 228 Å². The minimum atomic E-state index is -0.979. The Kier molecular flexibility index (Phi) is 6.78. The van der Waals surface area contributed by atoms with Crippen LogP contribution in [-0.4, -0.2) is 32.5 Å². The van der Waals surface area contributed by atoms with Crippen molar-refractivity contribution in [1.82, 2.24) is 19.5 Å². The highest BCUT2D eigenvalue weighted by Gasteiger charge is 2.46. The molecule has 0 N–H and O–H groups in total. The summed E-state index contributed by atoms with van der Waals surface area (Å²) in [6, 6.07) is 8.97. The smallest absolute Gasteiger partial charge is 0.279 e. The number of aryl methyl sites for hydroxylation is 1. The van der Waals surface area contributed by atoms with Crippen LogP contribution in [0.5, 0.6) is 5.88 Å². The van der Waals surface area contributed by atoms with E-state index in [1.807, 2.05) is 25.3 Å². The molecule has 0 saturated heterocycles. The van der Waals surface area contributed by atoms with Crippen molar-refractivity contribution in [2.75, 3.05) is 12.0 Å². The number of nitriles is 1. The van der Waals surface area contributed by atoms with Crippen LogP contribution in [0.4, 0.5) is 14.5 Å². The number of carbonyl (C=O) groups excluding carboxylic acids is 1. The average Bonchev–Trinajstić information content (AvgIpc) is 3.44. The molecule has 0 bridgehead atoms. The fourth-order valence-electron chi connectivity index (χ4n) is 4.84. The maximum Gasteiger partial charge on any atom is 0.279 e. The highest BCUT2D eigenvalue weighted by molar-refractivity contribution is 6.31. The van der Waals surface area contributed by atoms with Crippen molar-refractivity contribution in [3.05, 3.63) is 87.6 Å². The van der Waals surface area contributed by atoms with E-state index < -0.39 is 23.6 Å². The van der Waals surface area contributed by atoms with Gasteiger partial charge in [-0.2, -0.15) is 10.2 Å². The number of amides is 1. The number of carbonyl (C=O) groups is 1. The van der Waals surface area contributed by atoms with Crippen LogP contribution in [0.15, 0.2) is 42.6 Å². The van der Waals surface area contributed by atoms with Crippen molar-refractivity contribution in [1.29, 1.82) is 5.26 Å². The first-order chi connectivity index (χ1) is 18.7. The third-order valence-electron chi connectivity index (χ3n) is 6.58. The third kappa shape index (κ3) is 4.19. The number of halogens is 3. The van der Waals surface area contributed by atoms with Gasteiger partial charge in [0, 0.05) is 18.7 Å². The van der Waals surface area contributed by atoms with Gasteiger partial charge in [-0.1, -0.05) is 30.7 Å². The largest absolute Gasteiger partial charge is 0.480 e. The minimum absolute atomic E-state index is 0.0643. The minimum Gasteiger partial charge on any atom is -0.480 e. The number of aromatic nitrogens is 4. The number of methoxy groups -OCH3 is 1. The number of rotatable bonds is 6. The molecule has 2 aromatic heterocycles. The molecule has 0 spiro atoms. The Bertz CT molecular complexity index is 1660. The first kappa shape index (κ1) is 26.3. The van der Waals surface area contributed by atoms with E-state index in [-0.39, 0.29) is 28.0 Å². The molecule has 0 fully saturated rings. The van der Waals surface area contributed by atoms with Crippen LogP contribution in [0.25, 0.3) is 11.4 Å². The number of nitrogens with zero attached hydrogens (tertiary/aromatic N) is 6. The van der Waals surface area contributed by atoms with Gasteiger partial charge in [0.15, 0.2) is 11.5 Å². The van der Waals surface area contributed by atoms with E-state index in [1.54, 1.807) is 18.3 Å². The van der Waals surface area contributed by atoms with Gasteiger partial charge in [0.2, 0.25) is 5.88 Å². The van der Waals surface area contributed by atoms with E-state index in [4.69, 9.17) is 21.3 Å². The van der Waals surface area contributed by atoms with Crippen LogP contribution in [0.2, 0.25) is 5.02 Å². The maximum absolute atomic E-state index is 15.3. The molecule has 1 aliphatic rings. The zero-order valence-corrected chi connectivity index (χ0v) is 22.3. The fourth-order valence-corrected chi connectivity index (χ4v) is 5.01. The summed E-state index contributed by atoms with van der Waals surface area (Å²) in [5, 5.41) is 9.08. The molecule has 5 rings (SSSR count). The molecule has 2 aromatic carbocycles. The van der Waals surface area contributed by atoms with Gasteiger partial charge >= 0.3 is 0 Å². The summed E-state index contributed by atoms with van der Waals surface area (Å²) in [5.74, 6) is -0.893. The fraction of sp³-hybridized carbons (Fsp3) is 0.250. The number of anilines is 1. The lowest BCUT2D eigenvalue weighted by Gasteiger charge is -2.29. The van der Waals surface area contributed by atoms with Gasteiger partial charge in [0.05, 0.1) is 34.6 Å². The Morgan fingerprint density at radius 1 is 1.21 bits per heavy atom. The quantitative estimate of drug-likeness (QED) is 0.291. The second kappa shape index (κ2) is 10.1. The molecule has 3 heterocycles. The molecule has 1 aliphatic heterocycles. The first-order valence-electron chi connectivity index (χ1n) is 12.2. The molecular formula is C28H23ClF2N6O2. The van der Waals surface area contributed by atoms with Crippen molar-refractivity contribution in [2.24, 2.45) is 0 Å². The summed E-state index contributed by atoms with van der Waals surface area (Å²) in [6.07, 6.45) is 2.19. The SMILES string of the molecule is CCc1ncc(-c2nc3c(n2C(C)C)C(c2ccc(C#N)c(F)c2)N(c2cccc(Cl)c2F)C3=O)c(OC)n1. The molecule has 1 amide bonds. The molecule has 198 valence electrons. The van der Waals surface area contributed by atoms with Crippen LogP contribution < -0.4 is 9.64 Å². The van der Waals surface area contributed by atoms with E-state index in [2.05, 4.69) is 9.97 Å².